The molecule has 2 aromatic heterocycles. The van der Waals surface area contributed by atoms with Crippen molar-refractivity contribution in [3.63, 3.8) is 0 Å². The van der Waals surface area contributed by atoms with Crippen molar-refractivity contribution < 1.29 is 4.74 Å². The van der Waals surface area contributed by atoms with E-state index < -0.39 is 0 Å². The van der Waals surface area contributed by atoms with E-state index in [0.717, 1.165) is 40.2 Å². The molecule has 1 N–H and O–H groups in total. The fraction of sp³-hybridized carbons (Fsp3) is 0.103. The van der Waals surface area contributed by atoms with Crippen molar-refractivity contribution >= 4 is 22.6 Å². The van der Waals surface area contributed by atoms with Crippen molar-refractivity contribution in [1.82, 2.24) is 19.7 Å². The number of nitrogens with one attached hydrogen (secondary N) is 1. The average Bonchev–Trinajstić information content (AvgIpc) is 3.49. The number of nitrogens with zero attached hydrogens (tertiary/aromatic N) is 4. The van der Waals surface area contributed by atoms with Crippen LogP contribution in [-0.2, 0) is 6.42 Å². The van der Waals surface area contributed by atoms with Gasteiger partial charge in [0.05, 0.1) is 22.2 Å². The Balaban J connectivity index is 1.51. The summed E-state index contributed by atoms with van der Waals surface area (Å²) in [4.78, 5) is 19.9. The van der Waals surface area contributed by atoms with Gasteiger partial charge in [0, 0.05) is 23.7 Å². The molecule has 0 aliphatic carbocycles. The molecule has 0 saturated carbocycles. The van der Waals surface area contributed by atoms with Gasteiger partial charge in [-0.2, -0.15) is 10.4 Å². The van der Waals surface area contributed by atoms with Gasteiger partial charge in [-0.15, -0.1) is 0 Å². The Morgan fingerprint density at radius 1 is 1.14 bits per heavy atom. The highest BCUT2D eigenvalue weighted by atomic mass is 16.5. The molecule has 1 atom stereocenters. The van der Waals surface area contributed by atoms with Gasteiger partial charge in [0.15, 0.2) is 5.82 Å². The van der Waals surface area contributed by atoms with Crippen molar-refractivity contribution in [3.8, 4) is 28.8 Å². The number of aromatic amines is 1. The summed E-state index contributed by atoms with van der Waals surface area (Å²) in [7, 11) is 0. The molecule has 174 valence electrons. The Hall–Kier alpha value is -4.96. The highest BCUT2D eigenvalue weighted by molar-refractivity contribution is 5.91. The van der Waals surface area contributed by atoms with Gasteiger partial charge in [0.1, 0.15) is 23.6 Å². The zero-order valence-corrected chi connectivity index (χ0v) is 19.5. The zero-order valence-electron chi connectivity index (χ0n) is 19.5. The Bertz CT molecular complexity index is 1740. The minimum Gasteiger partial charge on any atom is -0.490 e. The average molecular weight is 472 g/mol. The molecular weight excluding hydrogens is 450 g/mol. The van der Waals surface area contributed by atoms with E-state index in [1.54, 1.807) is 29.0 Å². The number of benzene rings is 3. The molecule has 6 rings (SSSR count). The van der Waals surface area contributed by atoms with E-state index in [4.69, 9.17) is 9.84 Å². The summed E-state index contributed by atoms with van der Waals surface area (Å²) >= 11 is 0. The van der Waals surface area contributed by atoms with E-state index in [1.807, 2.05) is 54.7 Å². The van der Waals surface area contributed by atoms with Gasteiger partial charge in [0.2, 0.25) is 0 Å². The largest absolute Gasteiger partial charge is 0.490 e. The third-order valence-electron chi connectivity index (χ3n) is 6.22. The van der Waals surface area contributed by atoms with Crippen LogP contribution in [0, 0.1) is 11.3 Å². The summed E-state index contributed by atoms with van der Waals surface area (Å²) in [5.74, 6) is 1.11. The van der Waals surface area contributed by atoms with Gasteiger partial charge >= 0.3 is 0 Å². The van der Waals surface area contributed by atoms with E-state index in [-0.39, 0.29) is 23.1 Å². The van der Waals surface area contributed by atoms with Crippen LogP contribution in [0.15, 0.2) is 83.8 Å². The Morgan fingerprint density at radius 3 is 2.78 bits per heavy atom. The van der Waals surface area contributed by atoms with E-state index >= 15 is 0 Å². The standard InChI is InChI=1S/C29H21N5O2/c1-18-13-20-14-19(11-12-26(20)36-18)27-22(17-34(33-27)23-7-3-2-4-8-23)15-21(16-30)28-31-25-10-6-5-9-24(25)29(35)32-28/h2-12,14-15,17-18H,13H2,1H3,(H,31,32,35)/b21-15+/t18-/m1/s1. The number of fused-ring (bicyclic) bond motifs is 2. The van der Waals surface area contributed by atoms with E-state index in [0.29, 0.717) is 10.9 Å². The molecule has 1 aliphatic heterocycles. The maximum absolute atomic E-state index is 12.6. The lowest BCUT2D eigenvalue weighted by Gasteiger charge is -2.05. The first kappa shape index (κ1) is 21.6. The van der Waals surface area contributed by atoms with Crippen molar-refractivity contribution in [3.05, 3.63) is 106 Å². The summed E-state index contributed by atoms with van der Waals surface area (Å²) in [6, 6.07) is 25.1. The Labute approximate surface area is 206 Å². The topological polar surface area (TPSA) is 96.6 Å². The molecular formula is C29H21N5O2. The van der Waals surface area contributed by atoms with Crippen molar-refractivity contribution in [2.24, 2.45) is 0 Å². The van der Waals surface area contributed by atoms with Crippen LogP contribution in [-0.4, -0.2) is 25.9 Å². The number of para-hydroxylation sites is 2. The normalized spacial score (nSPS) is 14.9. The maximum Gasteiger partial charge on any atom is 0.259 e. The number of aromatic nitrogens is 4. The van der Waals surface area contributed by atoms with Crippen LogP contribution in [0.3, 0.4) is 0 Å². The lowest BCUT2D eigenvalue weighted by atomic mass is 10.0. The molecule has 0 radical (unpaired) electrons. The first-order valence-electron chi connectivity index (χ1n) is 11.7. The monoisotopic (exact) mass is 471 g/mol. The molecule has 0 amide bonds. The fourth-order valence-corrected chi connectivity index (χ4v) is 4.52. The first-order valence-corrected chi connectivity index (χ1v) is 11.7. The molecule has 0 spiro atoms. The molecule has 0 saturated heterocycles. The number of H-pyrrole nitrogens is 1. The van der Waals surface area contributed by atoms with E-state index in [2.05, 4.69) is 29.0 Å². The van der Waals surface area contributed by atoms with E-state index in [1.165, 1.54) is 0 Å². The molecule has 1 aliphatic rings. The molecule has 5 aromatic rings. The molecule has 7 heteroatoms. The minimum atomic E-state index is -0.287. The quantitative estimate of drug-likeness (QED) is 0.365. The number of rotatable bonds is 4. The van der Waals surface area contributed by atoms with Gasteiger partial charge in [-0.1, -0.05) is 30.3 Å². The molecule has 0 fully saturated rings. The lowest BCUT2D eigenvalue weighted by Crippen LogP contribution is -2.11. The molecule has 3 aromatic carbocycles. The van der Waals surface area contributed by atoms with Crippen molar-refractivity contribution in [2.75, 3.05) is 0 Å². The summed E-state index contributed by atoms with van der Waals surface area (Å²) in [5.41, 5.74) is 4.89. The summed E-state index contributed by atoms with van der Waals surface area (Å²) in [5, 5.41) is 15.4. The van der Waals surface area contributed by atoms with Crippen LogP contribution >= 0.6 is 0 Å². The highest BCUT2D eigenvalue weighted by Gasteiger charge is 2.21. The fourth-order valence-electron chi connectivity index (χ4n) is 4.52. The second-order valence-electron chi connectivity index (χ2n) is 8.77. The molecule has 0 bridgehead atoms. The number of ether oxygens (including phenoxy) is 1. The van der Waals surface area contributed by atoms with E-state index in [9.17, 15) is 10.1 Å². The van der Waals surface area contributed by atoms with Crippen LogP contribution in [0.4, 0.5) is 0 Å². The molecule has 3 heterocycles. The molecule has 36 heavy (non-hydrogen) atoms. The van der Waals surface area contributed by atoms with Gasteiger partial charge in [-0.3, -0.25) is 4.79 Å². The first-order chi connectivity index (χ1) is 17.6. The maximum atomic E-state index is 12.6. The predicted molar refractivity (Wildman–Crippen MR) is 139 cm³/mol. The van der Waals surface area contributed by atoms with Gasteiger partial charge in [-0.25, -0.2) is 9.67 Å². The van der Waals surface area contributed by atoms with Crippen molar-refractivity contribution in [1.29, 1.82) is 5.26 Å². The highest BCUT2D eigenvalue weighted by Crippen LogP contribution is 2.34. The van der Waals surface area contributed by atoms with Crippen LogP contribution in [0.2, 0.25) is 0 Å². The number of allylic oxidation sites excluding steroid dienone is 1. The second kappa shape index (κ2) is 8.67. The van der Waals surface area contributed by atoms with Crippen molar-refractivity contribution in [2.45, 2.75) is 19.4 Å². The smallest absolute Gasteiger partial charge is 0.259 e. The number of hydrogen-bond acceptors (Lipinski definition) is 5. The van der Waals surface area contributed by atoms with Gasteiger partial charge in [-0.05, 0) is 61.0 Å². The number of hydrogen-bond donors (Lipinski definition) is 1. The minimum absolute atomic E-state index is 0.137. The SMILES string of the molecule is C[C@@H]1Cc2cc(-c3nn(-c4ccccc4)cc3/C=C(\C#N)c3nc4ccccc4c(=O)[nH]3)ccc2O1. The van der Waals surface area contributed by atoms with Gasteiger partial charge in [0.25, 0.3) is 5.56 Å². The summed E-state index contributed by atoms with van der Waals surface area (Å²) in [6.07, 6.45) is 4.58. The van der Waals surface area contributed by atoms with Crippen LogP contribution in [0.1, 0.15) is 23.9 Å². The third-order valence-corrected chi connectivity index (χ3v) is 6.22. The molecule has 7 nitrogen and oxygen atoms in total. The third kappa shape index (κ3) is 3.85. The predicted octanol–water partition coefficient (Wildman–Crippen LogP) is 5.16. The molecule has 0 unspecified atom stereocenters. The lowest BCUT2D eigenvalue weighted by molar-refractivity contribution is 0.254. The second-order valence-corrected chi connectivity index (χ2v) is 8.77. The zero-order chi connectivity index (χ0) is 24.6. The van der Waals surface area contributed by atoms with Crippen LogP contribution < -0.4 is 10.3 Å². The Morgan fingerprint density at radius 2 is 1.94 bits per heavy atom. The Kier molecular flexibility index (Phi) is 5.20. The summed E-state index contributed by atoms with van der Waals surface area (Å²) in [6.45, 7) is 2.05. The van der Waals surface area contributed by atoms with Gasteiger partial charge < -0.3 is 9.72 Å². The van der Waals surface area contributed by atoms with Crippen LogP contribution in [0.25, 0.3) is 39.5 Å². The number of nitriles is 1. The summed E-state index contributed by atoms with van der Waals surface area (Å²) < 4.78 is 7.66. The van der Waals surface area contributed by atoms with Crippen LogP contribution in [0.5, 0.6) is 5.75 Å².